The van der Waals surface area contributed by atoms with Crippen LogP contribution in [0.2, 0.25) is 0 Å². The molecule has 1 aliphatic rings. The van der Waals surface area contributed by atoms with Crippen molar-refractivity contribution in [3.63, 3.8) is 0 Å². The van der Waals surface area contributed by atoms with E-state index in [1.54, 1.807) is 6.07 Å². The van der Waals surface area contributed by atoms with E-state index in [4.69, 9.17) is 0 Å². The summed E-state index contributed by atoms with van der Waals surface area (Å²) in [5, 5.41) is 13.0. The highest BCUT2D eigenvalue weighted by Crippen LogP contribution is 2.43. The van der Waals surface area contributed by atoms with Crippen molar-refractivity contribution < 1.29 is 5.11 Å². The molecule has 2 N–H and O–H groups in total. The second-order valence-corrected chi connectivity index (χ2v) is 5.80. The Bertz CT molecular complexity index is 394. The molecule has 0 spiro atoms. The molecule has 0 radical (unpaired) electrons. The molecule has 0 atom stereocenters. The van der Waals surface area contributed by atoms with Crippen LogP contribution in [0.15, 0.2) is 18.2 Å². The van der Waals surface area contributed by atoms with Crippen LogP contribution in [0.4, 0.5) is 5.69 Å². The quantitative estimate of drug-likeness (QED) is 0.637. The number of phenolic OH excluding ortho intramolecular Hbond substituents is 1. The first-order valence-electron chi connectivity index (χ1n) is 5.42. The van der Waals surface area contributed by atoms with Crippen molar-refractivity contribution >= 4 is 5.69 Å². The van der Waals surface area contributed by atoms with Crippen LogP contribution in [-0.2, 0) is 5.41 Å². The van der Waals surface area contributed by atoms with Gasteiger partial charge in [0.2, 0.25) is 0 Å². The smallest absolute Gasteiger partial charge is 0.116 e. The van der Waals surface area contributed by atoms with Gasteiger partial charge in [-0.25, -0.2) is 0 Å². The normalized spacial score (nSPS) is 21.6. The van der Waals surface area contributed by atoms with Crippen molar-refractivity contribution in [3.05, 3.63) is 23.8 Å². The van der Waals surface area contributed by atoms with Crippen LogP contribution in [0, 0.1) is 0 Å². The summed E-state index contributed by atoms with van der Waals surface area (Å²) in [5.74, 6) is 0.350. The number of fused-ring (bicyclic) bond motifs is 1. The number of hydrogen-bond donors (Lipinski definition) is 2. The average Bonchev–Trinajstić information content (AvgIpc) is 2.03. The lowest BCUT2D eigenvalue weighted by molar-refractivity contribution is 0.353. The Morgan fingerprint density at radius 2 is 1.87 bits per heavy atom. The third kappa shape index (κ3) is 1.81. The lowest BCUT2D eigenvalue weighted by Crippen LogP contribution is -2.43. The highest BCUT2D eigenvalue weighted by Gasteiger charge is 2.36. The van der Waals surface area contributed by atoms with E-state index in [2.05, 4.69) is 33.0 Å². The summed E-state index contributed by atoms with van der Waals surface area (Å²) in [5.41, 5.74) is 2.59. The zero-order valence-corrected chi connectivity index (χ0v) is 9.89. The molecule has 0 bridgehead atoms. The molecule has 15 heavy (non-hydrogen) atoms. The lowest BCUT2D eigenvalue weighted by atomic mass is 9.71. The molecule has 2 nitrogen and oxygen atoms in total. The molecular weight excluding hydrogens is 186 g/mol. The number of anilines is 1. The van der Waals surface area contributed by atoms with Gasteiger partial charge in [-0.3, -0.25) is 0 Å². The Morgan fingerprint density at radius 1 is 1.20 bits per heavy atom. The summed E-state index contributed by atoms with van der Waals surface area (Å²) in [4.78, 5) is 0. The fourth-order valence-electron chi connectivity index (χ4n) is 2.81. The Labute approximate surface area is 91.3 Å². The maximum atomic E-state index is 9.52. The minimum absolute atomic E-state index is 0.114. The molecule has 82 valence electrons. The molecule has 1 aromatic carbocycles. The van der Waals surface area contributed by atoms with E-state index in [0.29, 0.717) is 5.75 Å². The fraction of sp³-hybridized carbons (Fsp3) is 0.538. The Kier molecular flexibility index (Phi) is 2.00. The van der Waals surface area contributed by atoms with Crippen molar-refractivity contribution in [2.75, 3.05) is 5.32 Å². The zero-order valence-electron chi connectivity index (χ0n) is 9.89. The van der Waals surface area contributed by atoms with E-state index >= 15 is 0 Å². The third-order valence-electron chi connectivity index (χ3n) is 3.09. The van der Waals surface area contributed by atoms with Crippen molar-refractivity contribution in [1.82, 2.24) is 0 Å². The molecular formula is C13H19NO. The van der Waals surface area contributed by atoms with Crippen LogP contribution < -0.4 is 5.32 Å². The van der Waals surface area contributed by atoms with E-state index in [-0.39, 0.29) is 11.0 Å². The minimum atomic E-state index is 0.114. The van der Waals surface area contributed by atoms with Crippen LogP contribution in [0.25, 0.3) is 0 Å². The topological polar surface area (TPSA) is 32.3 Å². The molecule has 0 saturated heterocycles. The van der Waals surface area contributed by atoms with Gasteiger partial charge in [-0.05, 0) is 49.4 Å². The lowest BCUT2D eigenvalue weighted by Gasteiger charge is -2.43. The van der Waals surface area contributed by atoms with Gasteiger partial charge in [0, 0.05) is 11.2 Å². The van der Waals surface area contributed by atoms with Gasteiger partial charge in [-0.1, -0.05) is 13.8 Å². The molecule has 1 heterocycles. The molecule has 0 aliphatic carbocycles. The Balaban J connectivity index is 2.55. The molecule has 0 aromatic heterocycles. The predicted octanol–water partition coefficient (Wildman–Crippen LogP) is 3.26. The largest absolute Gasteiger partial charge is 0.508 e. The third-order valence-corrected chi connectivity index (χ3v) is 3.09. The first-order chi connectivity index (χ1) is 6.80. The monoisotopic (exact) mass is 205 g/mol. The highest BCUT2D eigenvalue weighted by atomic mass is 16.3. The number of nitrogens with one attached hydrogen (secondary N) is 1. The standard InChI is InChI=1S/C13H19NO/c1-12(2)8-13(3,4)14-11-6-5-9(15)7-10(11)12/h5-7,14-15H,8H2,1-4H3. The molecule has 1 aromatic rings. The van der Waals surface area contributed by atoms with Crippen molar-refractivity contribution in [2.45, 2.75) is 45.1 Å². The van der Waals surface area contributed by atoms with E-state index in [9.17, 15) is 5.11 Å². The van der Waals surface area contributed by atoms with Crippen LogP contribution in [0.5, 0.6) is 5.75 Å². The number of rotatable bonds is 0. The van der Waals surface area contributed by atoms with Gasteiger partial charge in [-0.15, -0.1) is 0 Å². The highest BCUT2D eigenvalue weighted by molar-refractivity contribution is 5.60. The van der Waals surface area contributed by atoms with Gasteiger partial charge in [0.15, 0.2) is 0 Å². The predicted molar refractivity (Wildman–Crippen MR) is 63.5 cm³/mol. The van der Waals surface area contributed by atoms with Crippen LogP contribution in [0.3, 0.4) is 0 Å². The van der Waals surface area contributed by atoms with E-state index in [1.807, 2.05) is 12.1 Å². The second-order valence-electron chi connectivity index (χ2n) is 5.80. The summed E-state index contributed by atoms with van der Waals surface area (Å²) in [6, 6.07) is 5.58. The van der Waals surface area contributed by atoms with Crippen LogP contribution in [0.1, 0.15) is 39.7 Å². The molecule has 0 fully saturated rings. The Hall–Kier alpha value is -1.18. The van der Waals surface area contributed by atoms with Crippen molar-refractivity contribution in [2.24, 2.45) is 0 Å². The summed E-state index contributed by atoms with van der Waals surface area (Å²) >= 11 is 0. The molecule has 0 unspecified atom stereocenters. The summed E-state index contributed by atoms with van der Waals surface area (Å²) in [7, 11) is 0. The minimum Gasteiger partial charge on any atom is -0.508 e. The maximum absolute atomic E-state index is 9.52. The van der Waals surface area contributed by atoms with Crippen LogP contribution >= 0.6 is 0 Å². The van der Waals surface area contributed by atoms with Gasteiger partial charge in [0.05, 0.1) is 0 Å². The SMILES string of the molecule is CC1(C)CC(C)(C)c2cc(O)ccc2N1. The second kappa shape index (κ2) is 2.91. The van der Waals surface area contributed by atoms with Crippen molar-refractivity contribution in [1.29, 1.82) is 0 Å². The van der Waals surface area contributed by atoms with Crippen LogP contribution in [-0.4, -0.2) is 10.6 Å². The van der Waals surface area contributed by atoms with E-state index in [0.717, 1.165) is 12.1 Å². The number of hydrogen-bond acceptors (Lipinski definition) is 2. The summed E-state index contributed by atoms with van der Waals surface area (Å²) < 4.78 is 0. The number of benzene rings is 1. The van der Waals surface area contributed by atoms with Gasteiger partial charge in [-0.2, -0.15) is 0 Å². The summed E-state index contributed by atoms with van der Waals surface area (Å²) in [6.45, 7) is 8.89. The van der Waals surface area contributed by atoms with Gasteiger partial charge >= 0.3 is 0 Å². The average molecular weight is 205 g/mol. The van der Waals surface area contributed by atoms with E-state index < -0.39 is 0 Å². The summed E-state index contributed by atoms with van der Waals surface area (Å²) in [6.07, 6.45) is 1.07. The molecule has 1 aliphatic heterocycles. The first-order valence-corrected chi connectivity index (χ1v) is 5.42. The first kappa shape index (κ1) is 10.3. The van der Waals surface area contributed by atoms with Gasteiger partial charge in [0.25, 0.3) is 0 Å². The van der Waals surface area contributed by atoms with Gasteiger partial charge in [0.1, 0.15) is 5.75 Å². The molecule has 0 amide bonds. The fourth-order valence-corrected chi connectivity index (χ4v) is 2.81. The number of phenols is 1. The van der Waals surface area contributed by atoms with Crippen molar-refractivity contribution in [3.8, 4) is 5.75 Å². The molecule has 2 rings (SSSR count). The molecule has 2 heteroatoms. The number of aromatic hydroxyl groups is 1. The van der Waals surface area contributed by atoms with Gasteiger partial charge < -0.3 is 10.4 Å². The molecule has 0 saturated carbocycles. The van der Waals surface area contributed by atoms with E-state index in [1.165, 1.54) is 5.56 Å². The Morgan fingerprint density at radius 3 is 2.53 bits per heavy atom. The zero-order chi connectivity index (χ0) is 11.3. The maximum Gasteiger partial charge on any atom is 0.116 e.